The van der Waals surface area contributed by atoms with Crippen molar-refractivity contribution in [3.63, 3.8) is 0 Å². The average molecular weight is 582 g/mol. The van der Waals surface area contributed by atoms with E-state index in [9.17, 15) is 8.78 Å². The van der Waals surface area contributed by atoms with Gasteiger partial charge < -0.3 is 4.57 Å². The molecular formula is C39H29F2NS. The van der Waals surface area contributed by atoms with Crippen LogP contribution in [0, 0.1) is 23.5 Å². The first-order valence-corrected chi connectivity index (χ1v) is 15.6. The summed E-state index contributed by atoms with van der Waals surface area (Å²) in [5, 5.41) is 4.98. The Morgan fingerprint density at radius 2 is 1.28 bits per heavy atom. The highest BCUT2D eigenvalue weighted by molar-refractivity contribution is 7.26. The van der Waals surface area contributed by atoms with E-state index in [1.54, 1.807) is 24.3 Å². The van der Waals surface area contributed by atoms with Crippen molar-refractivity contribution in [3.8, 4) is 0 Å². The molecule has 1 unspecified atom stereocenters. The van der Waals surface area contributed by atoms with Gasteiger partial charge >= 0.3 is 0 Å². The van der Waals surface area contributed by atoms with Gasteiger partial charge in [0.1, 0.15) is 11.6 Å². The molecule has 0 saturated heterocycles. The third-order valence-corrected chi connectivity index (χ3v) is 10.2. The normalized spacial score (nSPS) is 15.8. The smallest absolute Gasteiger partial charge is 0.123 e. The maximum Gasteiger partial charge on any atom is 0.123 e. The van der Waals surface area contributed by atoms with Crippen molar-refractivity contribution in [3.05, 3.63) is 138 Å². The van der Waals surface area contributed by atoms with Gasteiger partial charge in [-0.2, -0.15) is 0 Å². The molecule has 1 nitrogen and oxygen atoms in total. The molecule has 0 aliphatic heterocycles. The number of hydrogen-bond donors (Lipinski definition) is 0. The quantitative estimate of drug-likeness (QED) is 0.195. The molecule has 1 aliphatic rings. The number of fused-ring (bicyclic) bond motifs is 7. The molecule has 0 bridgehead atoms. The van der Waals surface area contributed by atoms with Crippen LogP contribution in [0.4, 0.5) is 8.78 Å². The van der Waals surface area contributed by atoms with Crippen LogP contribution in [0.2, 0.25) is 0 Å². The van der Waals surface area contributed by atoms with E-state index in [0.29, 0.717) is 0 Å². The minimum Gasteiger partial charge on any atom is -0.308 e. The van der Waals surface area contributed by atoms with E-state index in [1.807, 2.05) is 35.6 Å². The molecular weight excluding hydrogens is 552 g/mol. The molecule has 43 heavy (non-hydrogen) atoms. The Morgan fingerprint density at radius 3 is 1.98 bits per heavy atom. The molecule has 2 heterocycles. The first kappa shape index (κ1) is 26.1. The number of nitrogens with zero attached hydrogens (tertiary/aromatic N) is 1. The fraction of sp³-hybridized carbons (Fsp3) is 0.128. The highest BCUT2D eigenvalue weighted by Gasteiger charge is 2.36. The third-order valence-electron chi connectivity index (χ3n) is 8.99. The summed E-state index contributed by atoms with van der Waals surface area (Å²) in [6.45, 7) is 6.71. The molecule has 4 heteroatoms. The van der Waals surface area contributed by atoms with E-state index < -0.39 is 0 Å². The van der Waals surface area contributed by atoms with Gasteiger partial charge in [0.2, 0.25) is 0 Å². The van der Waals surface area contributed by atoms with E-state index in [1.165, 1.54) is 36.5 Å². The van der Waals surface area contributed by atoms with Crippen molar-refractivity contribution in [2.24, 2.45) is 11.8 Å². The van der Waals surface area contributed by atoms with E-state index in [4.69, 9.17) is 0 Å². The largest absolute Gasteiger partial charge is 0.308 e. The van der Waals surface area contributed by atoms with Crippen LogP contribution in [-0.4, -0.2) is 4.57 Å². The van der Waals surface area contributed by atoms with E-state index in [2.05, 4.69) is 86.0 Å². The van der Waals surface area contributed by atoms with Gasteiger partial charge in [-0.05, 0) is 65.1 Å². The molecule has 0 saturated carbocycles. The summed E-state index contributed by atoms with van der Waals surface area (Å²) in [6, 6.07) is 35.5. The van der Waals surface area contributed by atoms with Crippen molar-refractivity contribution in [2.45, 2.75) is 20.8 Å². The predicted octanol–water partition coefficient (Wildman–Crippen LogP) is 11.6. The zero-order valence-electron chi connectivity index (χ0n) is 24.2. The standard InChI is InChI=1S/C39H29F2NS/c1-22(2)34-23(3)35(24-12-16-26(40)17-13-24)38(36(34)25-14-18-27(41)19-15-25)42-31-10-6-4-9-30(31)37-32(42)21-20-29-28-8-5-7-11-33(28)43-39(29)37/h4-23H,1-3H3. The van der Waals surface area contributed by atoms with Crippen LogP contribution in [0.3, 0.4) is 0 Å². The summed E-state index contributed by atoms with van der Waals surface area (Å²) in [5.41, 5.74) is 8.89. The van der Waals surface area contributed by atoms with Gasteiger partial charge in [-0.25, -0.2) is 8.78 Å². The van der Waals surface area contributed by atoms with Crippen LogP contribution in [0.5, 0.6) is 0 Å². The Hall–Kier alpha value is -4.54. The SMILES string of the molecule is CC(C)C1=C(c2ccc(F)cc2)C(n2c3ccccc3c3c4sc5ccccc5c4ccc32)=C(c2ccc(F)cc2)C1C. The lowest BCUT2D eigenvalue weighted by atomic mass is 9.85. The molecule has 2 aromatic heterocycles. The first-order valence-electron chi connectivity index (χ1n) is 14.8. The zero-order valence-corrected chi connectivity index (χ0v) is 25.0. The monoisotopic (exact) mass is 581 g/mol. The number of benzene rings is 5. The van der Waals surface area contributed by atoms with E-state index >= 15 is 0 Å². The minimum atomic E-state index is -0.255. The fourth-order valence-electron chi connectivity index (χ4n) is 7.28. The molecule has 1 aliphatic carbocycles. The Labute approximate surface area is 253 Å². The molecule has 0 spiro atoms. The van der Waals surface area contributed by atoms with Crippen molar-refractivity contribution in [1.82, 2.24) is 4.57 Å². The number of rotatable bonds is 4. The van der Waals surface area contributed by atoms with Gasteiger partial charge in [0.05, 0.1) is 16.7 Å². The van der Waals surface area contributed by atoms with Crippen LogP contribution in [0.25, 0.3) is 58.8 Å². The Kier molecular flexibility index (Phi) is 5.92. The maximum atomic E-state index is 14.2. The van der Waals surface area contributed by atoms with Crippen LogP contribution < -0.4 is 0 Å². The van der Waals surface area contributed by atoms with Crippen molar-refractivity contribution in [1.29, 1.82) is 0 Å². The molecule has 8 rings (SSSR count). The number of hydrogen-bond acceptors (Lipinski definition) is 1. The molecule has 1 atom stereocenters. The molecule has 7 aromatic rings. The number of allylic oxidation sites excluding steroid dienone is 4. The van der Waals surface area contributed by atoms with Gasteiger partial charge in [-0.3, -0.25) is 0 Å². The van der Waals surface area contributed by atoms with Gasteiger partial charge in [-0.15, -0.1) is 11.3 Å². The van der Waals surface area contributed by atoms with Crippen molar-refractivity contribution < 1.29 is 8.78 Å². The summed E-state index contributed by atoms with van der Waals surface area (Å²) < 4.78 is 33.4. The topological polar surface area (TPSA) is 4.93 Å². The molecule has 5 aromatic carbocycles. The number of para-hydroxylation sites is 1. The van der Waals surface area contributed by atoms with Crippen molar-refractivity contribution >= 4 is 70.2 Å². The summed E-state index contributed by atoms with van der Waals surface area (Å²) in [7, 11) is 0. The predicted molar refractivity (Wildman–Crippen MR) is 179 cm³/mol. The first-order chi connectivity index (χ1) is 20.9. The number of aromatic nitrogens is 1. The molecule has 0 N–H and O–H groups in total. The summed E-state index contributed by atoms with van der Waals surface area (Å²) in [6.07, 6.45) is 0. The Balaban J connectivity index is 1.56. The lowest BCUT2D eigenvalue weighted by Crippen LogP contribution is -2.05. The minimum absolute atomic E-state index is 0.0739. The highest BCUT2D eigenvalue weighted by atomic mass is 32.1. The lowest BCUT2D eigenvalue weighted by molar-refractivity contribution is 0.627. The van der Waals surface area contributed by atoms with Crippen LogP contribution in [0.15, 0.2) is 115 Å². The second-order valence-electron chi connectivity index (χ2n) is 11.8. The average Bonchev–Trinajstić information content (AvgIpc) is 3.65. The highest BCUT2D eigenvalue weighted by Crippen LogP contribution is 2.54. The lowest BCUT2D eigenvalue weighted by Gasteiger charge is -2.18. The Morgan fingerprint density at radius 1 is 0.651 bits per heavy atom. The van der Waals surface area contributed by atoms with Gasteiger partial charge in [0, 0.05) is 42.4 Å². The summed E-state index contributed by atoms with van der Waals surface area (Å²) in [4.78, 5) is 0. The molecule has 0 radical (unpaired) electrons. The third kappa shape index (κ3) is 3.86. The van der Waals surface area contributed by atoms with Crippen LogP contribution in [-0.2, 0) is 0 Å². The molecule has 0 amide bonds. The van der Waals surface area contributed by atoms with Crippen LogP contribution >= 0.6 is 11.3 Å². The summed E-state index contributed by atoms with van der Waals surface area (Å²) >= 11 is 1.84. The van der Waals surface area contributed by atoms with Gasteiger partial charge in [0.15, 0.2) is 0 Å². The second kappa shape index (κ2) is 9.75. The van der Waals surface area contributed by atoms with Crippen LogP contribution in [0.1, 0.15) is 31.9 Å². The van der Waals surface area contributed by atoms with Crippen molar-refractivity contribution in [2.75, 3.05) is 0 Å². The summed E-state index contributed by atoms with van der Waals surface area (Å²) in [5.74, 6) is -0.193. The maximum absolute atomic E-state index is 14.2. The molecule has 0 fully saturated rings. The van der Waals surface area contributed by atoms with E-state index in [0.717, 1.165) is 39.0 Å². The zero-order chi connectivity index (χ0) is 29.4. The van der Waals surface area contributed by atoms with Gasteiger partial charge in [0.25, 0.3) is 0 Å². The van der Waals surface area contributed by atoms with E-state index in [-0.39, 0.29) is 23.5 Å². The Bertz CT molecular complexity index is 2280. The fourth-order valence-corrected chi connectivity index (χ4v) is 8.54. The number of thiophene rings is 1. The molecule has 210 valence electrons. The second-order valence-corrected chi connectivity index (χ2v) is 12.8. The number of halogens is 2. The van der Waals surface area contributed by atoms with Gasteiger partial charge in [-0.1, -0.05) is 93.1 Å².